The molecule has 0 amide bonds. The molecule has 0 aliphatic carbocycles. The fraction of sp³-hybridized carbons (Fsp3) is 0.278. The number of hydrogen-bond donors (Lipinski definition) is 1. The Balaban J connectivity index is 1.50. The second-order valence-electron chi connectivity index (χ2n) is 5.95. The SMILES string of the molecule is Fc1ccc(CN2CCN(C(=S)Nc3ccc(Br)cc3)CC2)cc1Cl. The summed E-state index contributed by atoms with van der Waals surface area (Å²) in [5.74, 6) is -0.375. The van der Waals surface area contributed by atoms with Crippen molar-refractivity contribution in [3.05, 3.63) is 63.3 Å². The molecule has 0 bridgehead atoms. The number of anilines is 1. The first kappa shape index (κ1) is 18.6. The second-order valence-corrected chi connectivity index (χ2v) is 7.66. The predicted molar refractivity (Wildman–Crippen MR) is 109 cm³/mol. The number of hydrogen-bond acceptors (Lipinski definition) is 2. The summed E-state index contributed by atoms with van der Waals surface area (Å²) < 4.78 is 14.3. The van der Waals surface area contributed by atoms with E-state index < -0.39 is 0 Å². The van der Waals surface area contributed by atoms with Crippen LogP contribution < -0.4 is 5.32 Å². The molecule has 7 heteroatoms. The average Bonchev–Trinajstić information content (AvgIpc) is 2.61. The molecular weight excluding hydrogens is 425 g/mol. The highest BCUT2D eigenvalue weighted by molar-refractivity contribution is 9.10. The Bertz CT molecular complexity index is 748. The fourth-order valence-electron chi connectivity index (χ4n) is 2.74. The third kappa shape index (κ3) is 5.14. The summed E-state index contributed by atoms with van der Waals surface area (Å²) in [6, 6.07) is 12.9. The molecule has 1 aliphatic rings. The highest BCUT2D eigenvalue weighted by Crippen LogP contribution is 2.18. The first-order valence-electron chi connectivity index (χ1n) is 7.99. The van der Waals surface area contributed by atoms with Crippen molar-refractivity contribution in [3.8, 4) is 0 Å². The Hall–Kier alpha value is -1.21. The maximum absolute atomic E-state index is 13.2. The minimum absolute atomic E-state index is 0.177. The van der Waals surface area contributed by atoms with Crippen molar-refractivity contribution in [1.29, 1.82) is 0 Å². The third-order valence-corrected chi connectivity index (χ3v) is 5.32. The smallest absolute Gasteiger partial charge is 0.173 e. The van der Waals surface area contributed by atoms with Crippen LogP contribution in [0.25, 0.3) is 0 Å². The van der Waals surface area contributed by atoms with Gasteiger partial charge in [-0.1, -0.05) is 33.6 Å². The molecule has 1 heterocycles. The molecule has 0 saturated carbocycles. The Morgan fingerprint density at radius 1 is 1.12 bits per heavy atom. The molecule has 2 aromatic rings. The van der Waals surface area contributed by atoms with Crippen molar-refractivity contribution in [2.24, 2.45) is 0 Å². The molecule has 25 heavy (non-hydrogen) atoms. The van der Waals surface area contributed by atoms with E-state index in [9.17, 15) is 4.39 Å². The number of rotatable bonds is 3. The molecule has 2 aromatic carbocycles. The molecular formula is C18H18BrClFN3S. The van der Waals surface area contributed by atoms with Crippen LogP contribution in [0, 0.1) is 5.82 Å². The number of nitrogens with one attached hydrogen (secondary N) is 1. The van der Waals surface area contributed by atoms with Crippen molar-refractivity contribution in [2.45, 2.75) is 6.54 Å². The van der Waals surface area contributed by atoms with Crippen LogP contribution in [0.3, 0.4) is 0 Å². The summed E-state index contributed by atoms with van der Waals surface area (Å²) in [7, 11) is 0. The minimum Gasteiger partial charge on any atom is -0.346 e. The van der Waals surface area contributed by atoms with Crippen LogP contribution in [-0.4, -0.2) is 41.1 Å². The zero-order valence-electron chi connectivity index (χ0n) is 13.5. The molecule has 1 N–H and O–H groups in total. The standard InChI is InChI=1S/C18H18BrClFN3S/c19-14-2-4-15(5-3-14)22-18(25)24-9-7-23(8-10-24)12-13-1-6-17(21)16(20)11-13/h1-6,11H,7-10,12H2,(H,22,25). The van der Waals surface area contributed by atoms with E-state index in [1.54, 1.807) is 12.1 Å². The van der Waals surface area contributed by atoms with Crippen molar-refractivity contribution < 1.29 is 4.39 Å². The molecule has 0 spiro atoms. The molecule has 1 fully saturated rings. The van der Waals surface area contributed by atoms with Gasteiger partial charge in [-0.15, -0.1) is 0 Å². The number of halogens is 3. The van der Waals surface area contributed by atoms with Crippen molar-refractivity contribution in [1.82, 2.24) is 9.80 Å². The minimum atomic E-state index is -0.375. The summed E-state index contributed by atoms with van der Waals surface area (Å²) >= 11 is 14.8. The Kier molecular flexibility index (Phi) is 6.28. The summed E-state index contributed by atoms with van der Waals surface area (Å²) in [4.78, 5) is 4.49. The van der Waals surface area contributed by atoms with Crippen LogP contribution in [0.1, 0.15) is 5.56 Å². The van der Waals surface area contributed by atoms with Gasteiger partial charge >= 0.3 is 0 Å². The van der Waals surface area contributed by atoms with Crippen LogP contribution in [0.5, 0.6) is 0 Å². The summed E-state index contributed by atoms with van der Waals surface area (Å²) in [5, 5.41) is 4.20. The highest BCUT2D eigenvalue weighted by Gasteiger charge is 2.19. The van der Waals surface area contributed by atoms with Gasteiger partial charge < -0.3 is 10.2 Å². The normalized spacial score (nSPS) is 15.2. The van der Waals surface area contributed by atoms with Crippen molar-refractivity contribution in [2.75, 3.05) is 31.5 Å². The van der Waals surface area contributed by atoms with Crippen LogP contribution in [0.15, 0.2) is 46.9 Å². The van der Waals surface area contributed by atoms with Crippen LogP contribution >= 0.6 is 39.7 Å². The number of nitrogens with zero attached hydrogens (tertiary/aromatic N) is 2. The van der Waals surface area contributed by atoms with Crippen LogP contribution in [0.4, 0.5) is 10.1 Å². The highest BCUT2D eigenvalue weighted by atomic mass is 79.9. The zero-order valence-corrected chi connectivity index (χ0v) is 16.7. The van der Waals surface area contributed by atoms with E-state index in [1.807, 2.05) is 24.3 Å². The van der Waals surface area contributed by atoms with Crippen LogP contribution in [0.2, 0.25) is 5.02 Å². The third-order valence-electron chi connectivity index (χ3n) is 4.15. The molecule has 3 nitrogen and oxygen atoms in total. The van der Waals surface area contributed by atoms with E-state index in [2.05, 4.69) is 31.0 Å². The molecule has 0 aromatic heterocycles. The van der Waals surface area contributed by atoms with Gasteiger partial charge in [-0.3, -0.25) is 4.90 Å². The zero-order chi connectivity index (χ0) is 17.8. The molecule has 1 aliphatic heterocycles. The molecule has 0 radical (unpaired) electrons. The maximum atomic E-state index is 13.2. The van der Waals surface area contributed by atoms with E-state index in [0.717, 1.165) is 53.6 Å². The van der Waals surface area contributed by atoms with E-state index >= 15 is 0 Å². The fourth-order valence-corrected chi connectivity index (χ4v) is 3.51. The monoisotopic (exact) mass is 441 g/mol. The van der Waals surface area contributed by atoms with Crippen molar-refractivity contribution >= 4 is 50.5 Å². The van der Waals surface area contributed by atoms with E-state index in [-0.39, 0.29) is 10.8 Å². The van der Waals surface area contributed by atoms with Gasteiger partial charge in [-0.05, 0) is 54.2 Å². The van der Waals surface area contributed by atoms with E-state index in [0.29, 0.717) is 0 Å². The molecule has 0 atom stereocenters. The lowest BCUT2D eigenvalue weighted by Gasteiger charge is -2.36. The molecule has 1 saturated heterocycles. The van der Waals surface area contributed by atoms with E-state index in [1.165, 1.54) is 6.07 Å². The lowest BCUT2D eigenvalue weighted by Crippen LogP contribution is -2.49. The maximum Gasteiger partial charge on any atom is 0.173 e. The van der Waals surface area contributed by atoms with Gasteiger partial charge in [0, 0.05) is 42.9 Å². The second kappa shape index (κ2) is 8.45. The molecule has 0 unspecified atom stereocenters. The summed E-state index contributed by atoms with van der Waals surface area (Å²) in [5.41, 5.74) is 2.01. The van der Waals surface area contributed by atoms with Gasteiger partial charge in [0.25, 0.3) is 0 Å². The van der Waals surface area contributed by atoms with Gasteiger partial charge in [0.1, 0.15) is 5.82 Å². The Morgan fingerprint density at radius 2 is 1.80 bits per heavy atom. The topological polar surface area (TPSA) is 18.5 Å². The number of benzene rings is 2. The average molecular weight is 443 g/mol. The van der Waals surface area contributed by atoms with Gasteiger partial charge in [0.05, 0.1) is 5.02 Å². The lowest BCUT2D eigenvalue weighted by atomic mass is 10.2. The Labute approximate surface area is 165 Å². The first-order chi connectivity index (χ1) is 12.0. The van der Waals surface area contributed by atoms with Crippen molar-refractivity contribution in [3.63, 3.8) is 0 Å². The number of thiocarbonyl (C=S) groups is 1. The lowest BCUT2D eigenvalue weighted by molar-refractivity contribution is 0.177. The summed E-state index contributed by atoms with van der Waals surface area (Å²) in [6.45, 7) is 4.28. The summed E-state index contributed by atoms with van der Waals surface area (Å²) in [6.07, 6.45) is 0. The van der Waals surface area contributed by atoms with Crippen LogP contribution in [-0.2, 0) is 6.54 Å². The van der Waals surface area contributed by atoms with Gasteiger partial charge in [0.15, 0.2) is 5.11 Å². The first-order valence-corrected chi connectivity index (χ1v) is 9.57. The molecule has 132 valence electrons. The predicted octanol–water partition coefficient (Wildman–Crippen LogP) is 4.76. The van der Waals surface area contributed by atoms with Gasteiger partial charge in [-0.25, -0.2) is 4.39 Å². The Morgan fingerprint density at radius 3 is 2.44 bits per heavy atom. The largest absolute Gasteiger partial charge is 0.346 e. The van der Waals surface area contributed by atoms with E-state index in [4.69, 9.17) is 23.8 Å². The molecule has 3 rings (SSSR count). The quantitative estimate of drug-likeness (QED) is 0.691. The van der Waals surface area contributed by atoms with Gasteiger partial charge in [-0.2, -0.15) is 0 Å². The number of piperazine rings is 1. The van der Waals surface area contributed by atoms with Gasteiger partial charge in [0.2, 0.25) is 0 Å².